The maximum Gasteiger partial charge on any atom is 0.269 e. The summed E-state index contributed by atoms with van der Waals surface area (Å²) in [5.74, 6) is 0.140. The molecule has 0 unspecified atom stereocenters. The first-order valence-corrected chi connectivity index (χ1v) is 6.30. The second-order valence-corrected chi connectivity index (χ2v) is 6.53. The van der Waals surface area contributed by atoms with Crippen molar-refractivity contribution in [1.29, 1.82) is 0 Å². The molecule has 1 amide bonds. The van der Waals surface area contributed by atoms with Crippen molar-refractivity contribution in [2.24, 2.45) is 5.73 Å². The molecule has 0 fully saturated rings. The lowest BCUT2D eigenvalue weighted by atomic mass is 10.3. The topological polar surface area (TPSA) is 78.0 Å². The van der Waals surface area contributed by atoms with Crippen LogP contribution in [0.3, 0.4) is 0 Å². The first kappa shape index (κ1) is 13.8. The first-order chi connectivity index (χ1) is 7.79. The van der Waals surface area contributed by atoms with Gasteiger partial charge in [0.15, 0.2) is 0 Å². The summed E-state index contributed by atoms with van der Waals surface area (Å²) in [5.41, 5.74) is 5.01. The fraction of sp³-hybridized carbons (Fsp3) is 0.545. The van der Waals surface area contributed by atoms with Crippen molar-refractivity contribution in [2.45, 2.75) is 32.1 Å². The Kier molecular flexibility index (Phi) is 4.34. The van der Waals surface area contributed by atoms with E-state index in [-0.39, 0.29) is 16.0 Å². The molecule has 1 heterocycles. The largest absolute Gasteiger partial charge is 0.364 e. The molecule has 1 aromatic heterocycles. The van der Waals surface area contributed by atoms with E-state index in [9.17, 15) is 9.59 Å². The highest BCUT2D eigenvalue weighted by Crippen LogP contribution is 2.22. The van der Waals surface area contributed by atoms with Gasteiger partial charge in [-0.3, -0.25) is 9.59 Å². The molecular formula is C11H17N3O2S. The van der Waals surface area contributed by atoms with E-state index in [0.717, 1.165) is 5.75 Å². The van der Waals surface area contributed by atoms with Crippen molar-refractivity contribution < 1.29 is 4.79 Å². The molecule has 17 heavy (non-hydrogen) atoms. The van der Waals surface area contributed by atoms with E-state index in [1.54, 1.807) is 11.8 Å². The monoisotopic (exact) mass is 255 g/mol. The van der Waals surface area contributed by atoms with Gasteiger partial charge in [-0.1, -0.05) is 20.8 Å². The molecular weight excluding hydrogens is 238 g/mol. The summed E-state index contributed by atoms with van der Waals surface area (Å²) in [5, 5.41) is 3.91. The summed E-state index contributed by atoms with van der Waals surface area (Å²) >= 11 is 1.74. The molecule has 0 aliphatic rings. The maximum absolute atomic E-state index is 11.5. The number of nitrogens with two attached hydrogens (primary N) is 1. The number of hydrogen-bond donors (Lipinski definition) is 1. The van der Waals surface area contributed by atoms with Crippen LogP contribution >= 0.6 is 11.8 Å². The standard InChI is InChI=1S/C11H17N3O2S/c1-11(2,3)17-7-6-14-9(15)5-4-8(13-14)10(12)16/h4-5H,6-7H2,1-3H3,(H2,12,16). The van der Waals surface area contributed by atoms with Gasteiger partial charge in [-0.15, -0.1) is 0 Å². The van der Waals surface area contributed by atoms with Crippen LogP contribution in [0.5, 0.6) is 0 Å². The Labute approximate surface area is 104 Å². The number of carbonyl (C=O) groups excluding carboxylic acids is 1. The normalized spacial score (nSPS) is 11.5. The lowest BCUT2D eigenvalue weighted by Gasteiger charge is -2.17. The highest BCUT2D eigenvalue weighted by atomic mass is 32.2. The molecule has 0 radical (unpaired) electrons. The quantitative estimate of drug-likeness (QED) is 0.866. The van der Waals surface area contributed by atoms with E-state index in [0.29, 0.717) is 6.54 Å². The molecule has 0 aromatic carbocycles. The van der Waals surface area contributed by atoms with Gasteiger partial charge in [0.2, 0.25) is 0 Å². The molecule has 94 valence electrons. The predicted molar refractivity (Wildman–Crippen MR) is 69.2 cm³/mol. The van der Waals surface area contributed by atoms with Crippen LogP contribution < -0.4 is 11.3 Å². The molecule has 0 aliphatic carbocycles. The summed E-state index contributed by atoms with van der Waals surface area (Å²) in [4.78, 5) is 22.4. The molecule has 2 N–H and O–H groups in total. The second-order valence-electron chi connectivity index (χ2n) is 4.61. The fourth-order valence-corrected chi connectivity index (χ4v) is 2.06. The van der Waals surface area contributed by atoms with E-state index < -0.39 is 5.91 Å². The zero-order chi connectivity index (χ0) is 13.1. The Hall–Kier alpha value is -1.30. The van der Waals surface area contributed by atoms with Crippen LogP contribution in [0.4, 0.5) is 0 Å². The average Bonchev–Trinajstić information content (AvgIpc) is 2.18. The second kappa shape index (κ2) is 5.35. The number of thioether (sulfide) groups is 1. The fourth-order valence-electron chi connectivity index (χ4n) is 1.18. The Balaban J connectivity index is 2.74. The predicted octanol–water partition coefficient (Wildman–Crippen LogP) is 0.874. The van der Waals surface area contributed by atoms with Crippen LogP contribution in [0, 0.1) is 0 Å². The number of aryl methyl sites for hydroxylation is 1. The minimum absolute atomic E-state index is 0.116. The van der Waals surface area contributed by atoms with Crippen LogP contribution in [-0.2, 0) is 6.54 Å². The van der Waals surface area contributed by atoms with Crippen molar-refractivity contribution in [3.8, 4) is 0 Å². The van der Waals surface area contributed by atoms with E-state index in [1.165, 1.54) is 16.8 Å². The minimum Gasteiger partial charge on any atom is -0.364 e. The summed E-state index contributed by atoms with van der Waals surface area (Å²) in [6, 6.07) is 2.66. The first-order valence-electron chi connectivity index (χ1n) is 5.31. The van der Waals surface area contributed by atoms with Crippen molar-refractivity contribution in [3.05, 3.63) is 28.2 Å². The molecule has 0 atom stereocenters. The summed E-state index contributed by atoms with van der Waals surface area (Å²) in [6.07, 6.45) is 0. The summed E-state index contributed by atoms with van der Waals surface area (Å²) in [6.45, 7) is 6.79. The van der Waals surface area contributed by atoms with E-state index in [1.807, 2.05) is 0 Å². The van der Waals surface area contributed by atoms with Crippen LogP contribution in [-0.4, -0.2) is 26.2 Å². The number of amides is 1. The lowest BCUT2D eigenvalue weighted by Crippen LogP contribution is -2.27. The van der Waals surface area contributed by atoms with Gasteiger partial charge in [0, 0.05) is 16.6 Å². The highest BCUT2D eigenvalue weighted by molar-refractivity contribution is 8.00. The molecule has 0 bridgehead atoms. The number of rotatable bonds is 4. The molecule has 0 spiro atoms. The van der Waals surface area contributed by atoms with Crippen molar-refractivity contribution in [3.63, 3.8) is 0 Å². The third kappa shape index (κ3) is 4.60. The molecule has 1 rings (SSSR count). The number of primary amides is 1. The number of aromatic nitrogens is 2. The summed E-state index contributed by atoms with van der Waals surface area (Å²) < 4.78 is 1.42. The third-order valence-corrected chi connectivity index (χ3v) is 3.21. The average molecular weight is 255 g/mol. The molecule has 1 aromatic rings. The highest BCUT2D eigenvalue weighted by Gasteiger charge is 2.11. The van der Waals surface area contributed by atoms with E-state index >= 15 is 0 Å². The number of hydrogen-bond acceptors (Lipinski definition) is 4. The molecule has 5 nitrogen and oxygen atoms in total. The van der Waals surface area contributed by atoms with Crippen LogP contribution in [0.15, 0.2) is 16.9 Å². The lowest BCUT2D eigenvalue weighted by molar-refractivity contribution is 0.0993. The van der Waals surface area contributed by atoms with Crippen molar-refractivity contribution in [2.75, 3.05) is 5.75 Å². The van der Waals surface area contributed by atoms with Crippen molar-refractivity contribution in [1.82, 2.24) is 9.78 Å². The van der Waals surface area contributed by atoms with Gasteiger partial charge in [-0.05, 0) is 6.07 Å². The molecule has 6 heteroatoms. The van der Waals surface area contributed by atoms with Crippen LogP contribution in [0.2, 0.25) is 0 Å². The van der Waals surface area contributed by atoms with Gasteiger partial charge >= 0.3 is 0 Å². The third-order valence-electron chi connectivity index (χ3n) is 1.96. The minimum atomic E-state index is -0.623. The summed E-state index contributed by atoms with van der Waals surface area (Å²) in [7, 11) is 0. The smallest absolute Gasteiger partial charge is 0.269 e. The molecule has 0 saturated heterocycles. The van der Waals surface area contributed by atoms with Crippen molar-refractivity contribution >= 4 is 17.7 Å². The van der Waals surface area contributed by atoms with Gasteiger partial charge in [-0.2, -0.15) is 16.9 Å². The van der Waals surface area contributed by atoms with Crippen LogP contribution in [0.25, 0.3) is 0 Å². The van der Waals surface area contributed by atoms with Crippen LogP contribution in [0.1, 0.15) is 31.3 Å². The Morgan fingerprint density at radius 3 is 2.65 bits per heavy atom. The van der Waals surface area contributed by atoms with Gasteiger partial charge in [0.25, 0.3) is 11.5 Å². The Morgan fingerprint density at radius 2 is 2.12 bits per heavy atom. The molecule has 0 saturated carbocycles. The van der Waals surface area contributed by atoms with Gasteiger partial charge < -0.3 is 5.73 Å². The van der Waals surface area contributed by atoms with Gasteiger partial charge in [-0.25, -0.2) is 4.68 Å². The Morgan fingerprint density at radius 1 is 1.47 bits per heavy atom. The van der Waals surface area contributed by atoms with E-state index in [4.69, 9.17) is 5.73 Å². The van der Waals surface area contributed by atoms with E-state index in [2.05, 4.69) is 25.9 Å². The molecule has 0 aliphatic heterocycles. The SMILES string of the molecule is CC(C)(C)SCCn1nc(C(N)=O)ccc1=O. The van der Waals surface area contributed by atoms with Gasteiger partial charge in [0.05, 0.1) is 6.54 Å². The van der Waals surface area contributed by atoms with Gasteiger partial charge in [0.1, 0.15) is 5.69 Å². The zero-order valence-corrected chi connectivity index (χ0v) is 11.1. The number of nitrogens with zero attached hydrogens (tertiary/aromatic N) is 2. The zero-order valence-electron chi connectivity index (χ0n) is 10.3. The number of carbonyl (C=O) groups is 1. The maximum atomic E-state index is 11.5. The Bertz CT molecular complexity index is 463.